The average molecular weight is 428 g/mol. The topological polar surface area (TPSA) is 50.8 Å². The van der Waals surface area contributed by atoms with Gasteiger partial charge in [-0.1, -0.05) is 30.0 Å². The SMILES string of the molecule is C#N.CC1C[C@@H](c2cccc(Sc3ccc(-c4ccnn4C)cc3F)c2F)CCO1. The van der Waals surface area contributed by atoms with E-state index in [2.05, 4.69) is 11.7 Å². The van der Waals surface area contributed by atoms with Crippen molar-refractivity contribution < 1.29 is 13.5 Å². The van der Waals surface area contributed by atoms with Gasteiger partial charge in [0, 0.05) is 41.8 Å². The molecule has 30 heavy (non-hydrogen) atoms. The molecule has 3 aromatic rings. The van der Waals surface area contributed by atoms with Gasteiger partial charge in [0.2, 0.25) is 0 Å². The molecule has 0 radical (unpaired) electrons. The maximum atomic E-state index is 15.2. The number of nitrogens with zero attached hydrogens (tertiary/aromatic N) is 3. The second kappa shape index (κ2) is 9.88. The predicted octanol–water partition coefficient (Wildman–Crippen LogP) is 5.94. The minimum Gasteiger partial charge on any atom is -0.378 e. The molecule has 2 aromatic carbocycles. The number of benzene rings is 2. The quantitative estimate of drug-likeness (QED) is 0.517. The maximum Gasteiger partial charge on any atom is 0.140 e. The van der Waals surface area contributed by atoms with Crippen LogP contribution in [-0.4, -0.2) is 22.5 Å². The van der Waals surface area contributed by atoms with Crippen LogP contribution in [0.2, 0.25) is 0 Å². The van der Waals surface area contributed by atoms with E-state index in [9.17, 15) is 4.39 Å². The van der Waals surface area contributed by atoms with Crippen molar-refractivity contribution in [2.75, 3.05) is 6.61 Å². The molecule has 1 aliphatic heterocycles. The smallest absolute Gasteiger partial charge is 0.140 e. The Morgan fingerprint density at radius 3 is 2.63 bits per heavy atom. The molecule has 1 fully saturated rings. The minimum atomic E-state index is -0.367. The summed E-state index contributed by atoms with van der Waals surface area (Å²) < 4.78 is 37.1. The minimum absolute atomic E-state index is 0.131. The molecule has 4 rings (SSSR count). The van der Waals surface area contributed by atoms with Crippen LogP contribution in [0.5, 0.6) is 0 Å². The Kier molecular flexibility index (Phi) is 7.24. The molecule has 0 spiro atoms. The van der Waals surface area contributed by atoms with Crippen molar-refractivity contribution >= 4 is 11.8 Å². The summed E-state index contributed by atoms with van der Waals surface area (Å²) in [6.07, 6.45) is 3.42. The number of hydrogen-bond donors (Lipinski definition) is 0. The van der Waals surface area contributed by atoms with E-state index in [-0.39, 0.29) is 23.7 Å². The molecule has 0 aliphatic carbocycles. The fraction of sp³-hybridized carbons (Fsp3) is 0.304. The Balaban J connectivity index is 0.00000124. The molecule has 0 bridgehead atoms. The highest BCUT2D eigenvalue weighted by atomic mass is 32.2. The fourth-order valence-electron chi connectivity index (χ4n) is 3.72. The van der Waals surface area contributed by atoms with Gasteiger partial charge in [0.15, 0.2) is 0 Å². The first-order chi connectivity index (χ1) is 14.5. The first kappa shape index (κ1) is 22.0. The Labute approximate surface area is 179 Å². The third-order valence-electron chi connectivity index (χ3n) is 5.19. The lowest BCUT2D eigenvalue weighted by molar-refractivity contribution is 0.0181. The summed E-state index contributed by atoms with van der Waals surface area (Å²) in [4.78, 5) is 0.853. The number of aryl methyl sites for hydroxylation is 1. The highest BCUT2D eigenvalue weighted by Gasteiger charge is 2.24. The van der Waals surface area contributed by atoms with Crippen molar-refractivity contribution in [3.63, 3.8) is 0 Å². The first-order valence-electron chi connectivity index (χ1n) is 9.64. The van der Waals surface area contributed by atoms with Crippen molar-refractivity contribution in [3.8, 4) is 17.8 Å². The van der Waals surface area contributed by atoms with E-state index in [1.54, 1.807) is 23.0 Å². The normalized spacial score (nSPS) is 18.5. The van der Waals surface area contributed by atoms with Gasteiger partial charge in [-0.2, -0.15) is 5.10 Å². The fourth-order valence-corrected chi connectivity index (χ4v) is 4.60. The summed E-state index contributed by atoms with van der Waals surface area (Å²) >= 11 is 1.13. The lowest BCUT2D eigenvalue weighted by Crippen LogP contribution is -2.22. The van der Waals surface area contributed by atoms with E-state index in [0.717, 1.165) is 35.9 Å². The molecule has 1 aromatic heterocycles. The average Bonchev–Trinajstić information content (AvgIpc) is 3.18. The van der Waals surface area contributed by atoms with E-state index < -0.39 is 0 Å². The predicted molar refractivity (Wildman–Crippen MR) is 113 cm³/mol. The zero-order valence-corrected chi connectivity index (χ0v) is 17.7. The van der Waals surface area contributed by atoms with Crippen LogP contribution in [-0.2, 0) is 11.8 Å². The van der Waals surface area contributed by atoms with Crippen LogP contribution >= 0.6 is 11.8 Å². The van der Waals surface area contributed by atoms with E-state index in [1.807, 2.05) is 38.2 Å². The van der Waals surface area contributed by atoms with Gasteiger partial charge in [0.1, 0.15) is 11.6 Å². The van der Waals surface area contributed by atoms with Crippen molar-refractivity contribution in [2.45, 2.75) is 41.6 Å². The molecule has 2 atom stereocenters. The molecule has 4 nitrogen and oxygen atoms in total. The summed E-state index contributed by atoms with van der Waals surface area (Å²) in [6, 6.07) is 12.2. The zero-order valence-electron chi connectivity index (χ0n) is 16.9. The highest BCUT2D eigenvalue weighted by Crippen LogP contribution is 2.38. The highest BCUT2D eigenvalue weighted by molar-refractivity contribution is 7.99. The van der Waals surface area contributed by atoms with Crippen molar-refractivity contribution in [1.82, 2.24) is 9.78 Å². The molecule has 2 heterocycles. The lowest BCUT2D eigenvalue weighted by Gasteiger charge is -2.28. The summed E-state index contributed by atoms with van der Waals surface area (Å²) in [6.45, 7) is 6.16. The molecule has 0 saturated carbocycles. The van der Waals surface area contributed by atoms with Gasteiger partial charge in [0.05, 0.1) is 11.8 Å². The molecule has 0 amide bonds. The molecule has 1 unspecified atom stereocenters. The Morgan fingerprint density at radius 1 is 1.17 bits per heavy atom. The number of ether oxygens (including phenoxy) is 1. The first-order valence-corrected chi connectivity index (χ1v) is 10.5. The molecular weight excluding hydrogens is 404 g/mol. The number of hydrogen-bond acceptors (Lipinski definition) is 4. The molecule has 1 saturated heterocycles. The van der Waals surface area contributed by atoms with Gasteiger partial charge >= 0.3 is 0 Å². The van der Waals surface area contributed by atoms with Crippen molar-refractivity contribution in [1.29, 1.82) is 5.26 Å². The Morgan fingerprint density at radius 2 is 1.97 bits per heavy atom. The van der Waals surface area contributed by atoms with Crippen LogP contribution in [0.3, 0.4) is 0 Å². The number of nitriles is 1. The van der Waals surface area contributed by atoms with Gasteiger partial charge in [0.25, 0.3) is 0 Å². The van der Waals surface area contributed by atoms with E-state index >= 15 is 4.39 Å². The van der Waals surface area contributed by atoms with E-state index in [1.165, 1.54) is 6.07 Å². The summed E-state index contributed by atoms with van der Waals surface area (Å²) in [5, 5.41) is 10.6. The summed E-state index contributed by atoms with van der Waals surface area (Å²) in [5.41, 5.74) is 2.27. The molecule has 156 valence electrons. The molecule has 1 aliphatic rings. The maximum absolute atomic E-state index is 15.2. The van der Waals surface area contributed by atoms with Gasteiger partial charge in [-0.15, -0.1) is 0 Å². The van der Waals surface area contributed by atoms with Gasteiger partial charge in [-0.05, 0) is 55.5 Å². The van der Waals surface area contributed by atoms with Crippen LogP contribution in [0.4, 0.5) is 8.78 Å². The van der Waals surface area contributed by atoms with Gasteiger partial charge in [-0.25, -0.2) is 14.0 Å². The third kappa shape index (κ3) is 4.72. The molecule has 7 heteroatoms. The zero-order chi connectivity index (χ0) is 21.7. The second-order valence-corrected chi connectivity index (χ2v) is 8.23. The van der Waals surface area contributed by atoms with Crippen molar-refractivity contribution in [3.05, 3.63) is 65.9 Å². The largest absolute Gasteiger partial charge is 0.378 e. The van der Waals surface area contributed by atoms with Crippen molar-refractivity contribution in [2.24, 2.45) is 7.05 Å². The Bertz CT molecular complexity index is 1030. The van der Waals surface area contributed by atoms with E-state index in [0.29, 0.717) is 22.0 Å². The number of halogens is 2. The summed E-state index contributed by atoms with van der Waals surface area (Å²) in [7, 11) is 1.81. The third-order valence-corrected chi connectivity index (χ3v) is 6.27. The monoisotopic (exact) mass is 427 g/mol. The molecule has 0 N–H and O–H groups in total. The van der Waals surface area contributed by atoms with E-state index in [4.69, 9.17) is 10.00 Å². The number of rotatable bonds is 4. The number of aromatic nitrogens is 2. The van der Waals surface area contributed by atoms with Crippen LogP contribution in [0.1, 0.15) is 31.2 Å². The van der Waals surface area contributed by atoms with Crippen LogP contribution < -0.4 is 0 Å². The second-order valence-electron chi connectivity index (χ2n) is 7.15. The van der Waals surface area contributed by atoms with Gasteiger partial charge in [-0.3, -0.25) is 4.68 Å². The molecular formula is C23H23F2N3OS. The van der Waals surface area contributed by atoms with Gasteiger partial charge < -0.3 is 4.74 Å². The van der Waals surface area contributed by atoms with Crippen LogP contribution in [0.15, 0.2) is 58.5 Å². The standard InChI is InChI=1S/C22H22F2N2OS.CHN/c1-14-12-15(9-11-27-14)17-4-3-5-21(22(17)24)28-20-7-6-16(13-18(20)23)19-8-10-25-26(19)2;1-2/h3-8,10,13-15H,9,11-12H2,1-2H3;1H/t14?,15-;/m0./s1. The lowest BCUT2D eigenvalue weighted by atomic mass is 9.89. The Hall–Kier alpha value is -2.69. The van der Waals surface area contributed by atoms with Crippen LogP contribution in [0, 0.1) is 23.5 Å². The summed E-state index contributed by atoms with van der Waals surface area (Å²) in [5.74, 6) is -0.476. The van der Waals surface area contributed by atoms with Crippen LogP contribution in [0.25, 0.3) is 11.3 Å².